The van der Waals surface area contributed by atoms with E-state index in [9.17, 15) is 13.2 Å². The maximum atomic E-state index is 12.4. The summed E-state index contributed by atoms with van der Waals surface area (Å²) in [5.74, 6) is -0.0171. The Kier molecular flexibility index (Phi) is 5.97. The Bertz CT molecular complexity index is 723. The van der Waals surface area contributed by atoms with Crippen molar-refractivity contribution >= 4 is 31.7 Å². The molecule has 1 aromatic carbocycles. The van der Waals surface area contributed by atoms with Crippen molar-refractivity contribution in [2.45, 2.75) is 30.6 Å². The summed E-state index contributed by atoms with van der Waals surface area (Å²) in [5.41, 5.74) is 0.443. The molecule has 118 valence electrons. The molecule has 0 fully saturated rings. The van der Waals surface area contributed by atoms with Crippen LogP contribution < -0.4 is 0 Å². The topological polar surface area (TPSA) is 56.1 Å². The van der Waals surface area contributed by atoms with Crippen LogP contribution in [0.25, 0.3) is 0 Å². The quantitative estimate of drug-likeness (QED) is 0.395. The molecule has 6 heteroatoms. The first-order chi connectivity index (χ1) is 10.6. The molecule has 0 saturated heterocycles. The highest BCUT2D eigenvalue weighted by atomic mass is 79.9. The molecule has 4 nitrogen and oxygen atoms in total. The second-order valence-electron chi connectivity index (χ2n) is 4.97. The van der Waals surface area contributed by atoms with Gasteiger partial charge in [0.25, 0.3) is 10.0 Å². The first kappa shape index (κ1) is 17.0. The van der Waals surface area contributed by atoms with Crippen molar-refractivity contribution in [2.75, 3.05) is 5.33 Å². The summed E-state index contributed by atoms with van der Waals surface area (Å²) in [5, 5.41) is 0.937. The highest BCUT2D eigenvalue weighted by Gasteiger charge is 2.17. The molecule has 0 amide bonds. The van der Waals surface area contributed by atoms with Crippen LogP contribution in [0.5, 0.6) is 0 Å². The number of carbonyl (C=O) groups excluding carboxylic acids is 1. The van der Waals surface area contributed by atoms with Crippen LogP contribution in [0.4, 0.5) is 0 Å². The molecule has 0 atom stereocenters. The molecule has 0 aliphatic carbocycles. The Morgan fingerprint density at radius 1 is 1.05 bits per heavy atom. The molecular formula is C16H18BrNO3S. The Morgan fingerprint density at radius 3 is 2.45 bits per heavy atom. The number of aromatic nitrogens is 1. The largest absolute Gasteiger partial charge is 0.294 e. The molecule has 0 unspecified atom stereocenters. The first-order valence-electron chi connectivity index (χ1n) is 7.13. The van der Waals surface area contributed by atoms with E-state index in [4.69, 9.17) is 0 Å². The fraction of sp³-hybridized carbons (Fsp3) is 0.312. The van der Waals surface area contributed by atoms with E-state index in [1.807, 2.05) is 0 Å². The van der Waals surface area contributed by atoms with Gasteiger partial charge in [-0.2, -0.15) is 0 Å². The maximum Gasteiger partial charge on any atom is 0.267 e. The highest BCUT2D eigenvalue weighted by molar-refractivity contribution is 9.09. The van der Waals surface area contributed by atoms with Crippen LogP contribution in [0.15, 0.2) is 53.7 Å². The minimum atomic E-state index is -3.62. The monoisotopic (exact) mass is 383 g/mol. The lowest BCUT2D eigenvalue weighted by Gasteiger charge is -2.04. The molecule has 0 aliphatic rings. The number of ketones is 1. The van der Waals surface area contributed by atoms with Gasteiger partial charge >= 0.3 is 0 Å². The van der Waals surface area contributed by atoms with Crippen LogP contribution >= 0.6 is 15.9 Å². The second-order valence-corrected chi connectivity index (χ2v) is 7.61. The van der Waals surface area contributed by atoms with E-state index in [2.05, 4.69) is 15.9 Å². The van der Waals surface area contributed by atoms with Crippen LogP contribution in [-0.4, -0.2) is 23.5 Å². The third-order valence-electron chi connectivity index (χ3n) is 3.35. The molecule has 1 aromatic heterocycles. The molecule has 0 saturated carbocycles. The first-order valence-corrected chi connectivity index (χ1v) is 9.69. The number of benzene rings is 1. The Balaban J connectivity index is 2.10. The SMILES string of the molecule is O=C(CCCCCBr)c1ccn(S(=O)(=O)c2ccccc2)c1. The number of carbonyl (C=O) groups is 1. The predicted molar refractivity (Wildman–Crippen MR) is 90.1 cm³/mol. The highest BCUT2D eigenvalue weighted by Crippen LogP contribution is 2.16. The second kappa shape index (κ2) is 7.74. The van der Waals surface area contributed by atoms with Gasteiger partial charge in [-0.3, -0.25) is 4.79 Å². The lowest BCUT2D eigenvalue weighted by Crippen LogP contribution is -2.11. The van der Waals surface area contributed by atoms with Gasteiger partial charge in [0.1, 0.15) is 0 Å². The fourth-order valence-corrected chi connectivity index (χ4v) is 3.72. The molecule has 0 aliphatic heterocycles. The zero-order chi connectivity index (χ0) is 16.0. The van der Waals surface area contributed by atoms with Gasteiger partial charge in [0.2, 0.25) is 0 Å². The molecule has 1 heterocycles. The van der Waals surface area contributed by atoms with Crippen molar-refractivity contribution in [3.8, 4) is 0 Å². The van der Waals surface area contributed by atoms with Gasteiger partial charge in [-0.05, 0) is 31.0 Å². The van der Waals surface area contributed by atoms with Crippen molar-refractivity contribution in [3.05, 3.63) is 54.4 Å². The number of nitrogens with zero attached hydrogens (tertiary/aromatic N) is 1. The normalized spacial score (nSPS) is 11.5. The summed E-state index contributed by atoms with van der Waals surface area (Å²) in [7, 11) is -3.62. The van der Waals surface area contributed by atoms with E-state index in [1.54, 1.807) is 24.3 Å². The Labute approximate surface area is 139 Å². The van der Waals surface area contributed by atoms with Gasteiger partial charge in [0.15, 0.2) is 5.78 Å². The van der Waals surface area contributed by atoms with E-state index in [-0.39, 0.29) is 10.7 Å². The predicted octanol–water partition coefficient (Wildman–Crippen LogP) is 3.86. The molecule has 2 rings (SSSR count). The number of halogens is 1. The molecule has 22 heavy (non-hydrogen) atoms. The molecular weight excluding hydrogens is 366 g/mol. The number of alkyl halides is 1. The lowest BCUT2D eigenvalue weighted by molar-refractivity contribution is 0.0979. The molecule has 0 bridgehead atoms. The van der Waals surface area contributed by atoms with Crippen molar-refractivity contribution in [1.82, 2.24) is 3.97 Å². The van der Waals surface area contributed by atoms with Crippen LogP contribution in [0, 0.1) is 0 Å². The van der Waals surface area contributed by atoms with E-state index < -0.39 is 10.0 Å². The third-order valence-corrected chi connectivity index (χ3v) is 5.56. The van der Waals surface area contributed by atoms with Crippen molar-refractivity contribution < 1.29 is 13.2 Å². The maximum absolute atomic E-state index is 12.4. The summed E-state index contributed by atoms with van der Waals surface area (Å²) in [6.45, 7) is 0. The average Bonchev–Trinajstić information content (AvgIpc) is 3.03. The third kappa shape index (κ3) is 4.08. The van der Waals surface area contributed by atoms with Crippen LogP contribution in [0.3, 0.4) is 0 Å². The summed E-state index contributed by atoms with van der Waals surface area (Å²) < 4.78 is 25.9. The molecule has 0 N–H and O–H groups in total. The minimum absolute atomic E-state index is 0.0171. The van der Waals surface area contributed by atoms with Crippen molar-refractivity contribution in [1.29, 1.82) is 0 Å². The summed E-state index contributed by atoms with van der Waals surface area (Å²) in [6, 6.07) is 9.75. The fourth-order valence-electron chi connectivity index (χ4n) is 2.11. The van der Waals surface area contributed by atoms with E-state index in [0.29, 0.717) is 12.0 Å². The number of Topliss-reactive ketones (excluding diaryl/α,β-unsaturated/α-hetero) is 1. The smallest absolute Gasteiger partial charge is 0.267 e. The number of hydrogen-bond acceptors (Lipinski definition) is 3. The number of rotatable bonds is 8. The molecule has 2 aromatic rings. The standard InChI is InChI=1S/C16H18BrNO3S/c17-11-6-2-5-9-16(19)14-10-12-18(13-14)22(20,21)15-7-3-1-4-8-15/h1,3-4,7-8,10,12-13H,2,5-6,9,11H2. The van der Waals surface area contributed by atoms with Gasteiger partial charge in [0.05, 0.1) is 4.90 Å². The van der Waals surface area contributed by atoms with Gasteiger partial charge in [-0.15, -0.1) is 0 Å². The molecule has 0 radical (unpaired) electrons. The van der Waals surface area contributed by atoms with Crippen molar-refractivity contribution in [2.24, 2.45) is 0 Å². The zero-order valence-electron chi connectivity index (χ0n) is 12.1. The van der Waals surface area contributed by atoms with Gasteiger partial charge in [0, 0.05) is 29.7 Å². The average molecular weight is 384 g/mol. The van der Waals surface area contributed by atoms with Crippen LogP contribution in [0.1, 0.15) is 36.0 Å². The molecule has 0 spiro atoms. The van der Waals surface area contributed by atoms with E-state index >= 15 is 0 Å². The van der Waals surface area contributed by atoms with Gasteiger partial charge in [-0.25, -0.2) is 12.4 Å². The number of hydrogen-bond donors (Lipinski definition) is 0. The summed E-state index contributed by atoms with van der Waals surface area (Å²) in [6.07, 6.45) is 6.11. The lowest BCUT2D eigenvalue weighted by atomic mass is 10.1. The Hall–Kier alpha value is -1.40. The van der Waals surface area contributed by atoms with E-state index in [0.717, 1.165) is 28.6 Å². The number of unbranched alkanes of at least 4 members (excludes halogenated alkanes) is 2. The minimum Gasteiger partial charge on any atom is -0.294 e. The summed E-state index contributed by atoms with van der Waals surface area (Å²) >= 11 is 3.35. The van der Waals surface area contributed by atoms with Crippen molar-refractivity contribution in [3.63, 3.8) is 0 Å². The van der Waals surface area contributed by atoms with Crippen LogP contribution in [-0.2, 0) is 10.0 Å². The Morgan fingerprint density at radius 2 is 1.77 bits per heavy atom. The van der Waals surface area contributed by atoms with E-state index in [1.165, 1.54) is 24.5 Å². The summed E-state index contributed by atoms with van der Waals surface area (Å²) in [4.78, 5) is 12.3. The van der Waals surface area contributed by atoms with Gasteiger partial charge in [-0.1, -0.05) is 40.5 Å². The van der Waals surface area contributed by atoms with Crippen LogP contribution in [0.2, 0.25) is 0 Å². The van der Waals surface area contributed by atoms with Gasteiger partial charge < -0.3 is 0 Å². The zero-order valence-corrected chi connectivity index (χ0v) is 14.5.